The lowest BCUT2D eigenvalue weighted by molar-refractivity contribution is -0.137. The minimum atomic E-state index is -4.52. The normalized spacial score (nSPS) is 11.7. The quantitative estimate of drug-likeness (QED) is 0.706. The molecular formula is C18H16F3N3O2. The van der Waals surface area contributed by atoms with Gasteiger partial charge in [-0.1, -0.05) is 18.2 Å². The molecule has 136 valence electrons. The third-order valence-electron chi connectivity index (χ3n) is 3.83. The number of methoxy groups -OCH3 is 1. The van der Waals surface area contributed by atoms with E-state index in [1.165, 1.54) is 17.7 Å². The number of rotatable bonds is 5. The Bertz CT molecular complexity index is 969. The molecule has 0 fully saturated rings. The van der Waals surface area contributed by atoms with Crippen LogP contribution in [0, 0.1) is 0 Å². The minimum absolute atomic E-state index is 0.131. The minimum Gasteiger partial charge on any atom is -0.383 e. The molecule has 0 saturated carbocycles. The van der Waals surface area contributed by atoms with Gasteiger partial charge in [0.25, 0.3) is 0 Å². The number of para-hydroxylation sites is 1. The topological polar surface area (TPSA) is 56.1 Å². The Morgan fingerprint density at radius 3 is 2.54 bits per heavy atom. The van der Waals surface area contributed by atoms with Crippen LogP contribution in [-0.4, -0.2) is 29.8 Å². The van der Waals surface area contributed by atoms with Gasteiger partial charge in [0, 0.05) is 19.0 Å². The van der Waals surface area contributed by atoms with Crippen LogP contribution in [-0.2, 0) is 10.9 Å². The van der Waals surface area contributed by atoms with E-state index in [9.17, 15) is 18.0 Å². The zero-order chi connectivity index (χ0) is 18.7. The van der Waals surface area contributed by atoms with Gasteiger partial charge in [-0.25, -0.2) is 4.79 Å². The van der Waals surface area contributed by atoms with Crippen molar-refractivity contribution in [1.82, 2.24) is 9.55 Å². The molecule has 0 bridgehead atoms. The Hall–Kier alpha value is -2.87. The van der Waals surface area contributed by atoms with Gasteiger partial charge in [-0.05, 0) is 30.3 Å². The van der Waals surface area contributed by atoms with Crippen LogP contribution in [0.2, 0.25) is 0 Å². The molecule has 0 spiro atoms. The van der Waals surface area contributed by atoms with Crippen molar-refractivity contribution in [3.05, 3.63) is 64.6 Å². The highest BCUT2D eigenvalue weighted by Crippen LogP contribution is 2.33. The Morgan fingerprint density at radius 1 is 1.15 bits per heavy atom. The van der Waals surface area contributed by atoms with E-state index in [1.54, 1.807) is 30.3 Å². The summed E-state index contributed by atoms with van der Waals surface area (Å²) in [7, 11) is 1.52. The van der Waals surface area contributed by atoms with Crippen molar-refractivity contribution in [3.63, 3.8) is 0 Å². The van der Waals surface area contributed by atoms with Gasteiger partial charge in [0.1, 0.15) is 5.82 Å². The van der Waals surface area contributed by atoms with Crippen molar-refractivity contribution in [2.24, 2.45) is 0 Å². The van der Waals surface area contributed by atoms with Crippen molar-refractivity contribution >= 4 is 16.7 Å². The maximum atomic E-state index is 13.2. The van der Waals surface area contributed by atoms with Gasteiger partial charge in [0.15, 0.2) is 0 Å². The maximum absolute atomic E-state index is 13.2. The lowest BCUT2D eigenvalue weighted by Gasteiger charge is -2.15. The first-order chi connectivity index (χ1) is 12.4. The molecule has 8 heteroatoms. The van der Waals surface area contributed by atoms with E-state index in [1.807, 2.05) is 0 Å². The molecule has 0 atom stereocenters. The first-order valence-corrected chi connectivity index (χ1v) is 7.84. The Morgan fingerprint density at radius 2 is 1.88 bits per heavy atom. The van der Waals surface area contributed by atoms with E-state index >= 15 is 0 Å². The summed E-state index contributed by atoms with van der Waals surface area (Å²) in [6, 6.07) is 11.7. The summed E-state index contributed by atoms with van der Waals surface area (Å²) in [6.45, 7) is 0.736. The summed E-state index contributed by atoms with van der Waals surface area (Å²) >= 11 is 0. The highest BCUT2D eigenvalue weighted by atomic mass is 19.4. The van der Waals surface area contributed by atoms with Crippen LogP contribution >= 0.6 is 0 Å². The highest BCUT2D eigenvalue weighted by molar-refractivity contribution is 5.90. The second-order valence-electron chi connectivity index (χ2n) is 5.56. The lowest BCUT2D eigenvalue weighted by Crippen LogP contribution is -2.24. The van der Waals surface area contributed by atoms with Gasteiger partial charge < -0.3 is 10.1 Å². The number of hydrogen-bond donors (Lipinski definition) is 1. The van der Waals surface area contributed by atoms with Gasteiger partial charge >= 0.3 is 11.9 Å². The number of halogens is 3. The number of hydrogen-bond acceptors (Lipinski definition) is 4. The average Bonchev–Trinajstić information content (AvgIpc) is 2.61. The zero-order valence-corrected chi connectivity index (χ0v) is 13.9. The molecule has 2 aromatic carbocycles. The smallest absolute Gasteiger partial charge is 0.383 e. The van der Waals surface area contributed by atoms with Crippen molar-refractivity contribution < 1.29 is 17.9 Å². The molecule has 0 aliphatic heterocycles. The molecule has 0 unspecified atom stereocenters. The summed E-state index contributed by atoms with van der Waals surface area (Å²) in [4.78, 5) is 16.5. The molecule has 26 heavy (non-hydrogen) atoms. The molecule has 1 aromatic heterocycles. The number of nitrogens with one attached hydrogen (secondary N) is 1. The predicted octanol–water partition coefficient (Wildman–Crippen LogP) is 3.46. The second-order valence-corrected chi connectivity index (χ2v) is 5.56. The van der Waals surface area contributed by atoms with E-state index in [0.29, 0.717) is 24.2 Å². The predicted molar refractivity (Wildman–Crippen MR) is 92.7 cm³/mol. The van der Waals surface area contributed by atoms with Crippen molar-refractivity contribution in [1.29, 1.82) is 0 Å². The van der Waals surface area contributed by atoms with Gasteiger partial charge in [-0.2, -0.15) is 18.2 Å². The third kappa shape index (κ3) is 3.55. The molecule has 5 nitrogen and oxygen atoms in total. The van der Waals surface area contributed by atoms with Crippen LogP contribution in [0.25, 0.3) is 16.6 Å². The Kier molecular flexibility index (Phi) is 4.94. The van der Waals surface area contributed by atoms with E-state index in [0.717, 1.165) is 12.1 Å². The Balaban J connectivity index is 2.27. The third-order valence-corrected chi connectivity index (χ3v) is 3.83. The molecule has 0 amide bonds. The number of fused-ring (bicyclic) bond motifs is 1. The Labute approximate surface area is 147 Å². The first kappa shape index (κ1) is 17.9. The molecule has 0 aliphatic rings. The molecule has 0 saturated heterocycles. The molecule has 0 radical (unpaired) electrons. The number of benzene rings is 2. The van der Waals surface area contributed by atoms with Crippen molar-refractivity contribution in [2.75, 3.05) is 25.6 Å². The van der Waals surface area contributed by atoms with E-state index in [-0.39, 0.29) is 11.3 Å². The van der Waals surface area contributed by atoms with E-state index < -0.39 is 17.4 Å². The standard InChI is InChI=1S/C18H16F3N3O2/c1-26-10-9-22-16-14-8-7-12(18(19,20)21)11-15(14)24(17(25)23-16)13-5-3-2-4-6-13/h2-8,11H,9-10H2,1H3,(H,22,23,25). The maximum Gasteiger partial charge on any atom is 0.416 e. The van der Waals surface area contributed by atoms with Crippen LogP contribution < -0.4 is 11.0 Å². The molecule has 3 aromatic rings. The van der Waals surface area contributed by atoms with Gasteiger partial charge in [-0.3, -0.25) is 4.57 Å². The largest absolute Gasteiger partial charge is 0.416 e. The number of alkyl halides is 3. The molecule has 0 aliphatic carbocycles. The van der Waals surface area contributed by atoms with Gasteiger partial charge in [-0.15, -0.1) is 0 Å². The number of anilines is 1. The number of aromatic nitrogens is 2. The fourth-order valence-electron chi connectivity index (χ4n) is 2.63. The summed E-state index contributed by atoms with van der Waals surface area (Å²) in [5.41, 5.74) is -0.922. The SMILES string of the molecule is COCCNc1nc(=O)n(-c2ccccc2)c2cc(C(F)(F)F)ccc12. The monoisotopic (exact) mass is 363 g/mol. The molecule has 1 heterocycles. The van der Waals surface area contributed by atoms with E-state index in [4.69, 9.17) is 4.74 Å². The second kappa shape index (κ2) is 7.17. The van der Waals surface area contributed by atoms with Crippen LogP contribution in [0.3, 0.4) is 0 Å². The first-order valence-electron chi connectivity index (χ1n) is 7.84. The summed E-state index contributed by atoms with van der Waals surface area (Å²) < 4.78 is 45.6. The van der Waals surface area contributed by atoms with Crippen LogP contribution in [0.4, 0.5) is 19.0 Å². The summed E-state index contributed by atoms with van der Waals surface area (Å²) in [5, 5.41) is 3.35. The molecular weight excluding hydrogens is 347 g/mol. The highest BCUT2D eigenvalue weighted by Gasteiger charge is 2.31. The fraction of sp³-hybridized carbons (Fsp3) is 0.222. The lowest BCUT2D eigenvalue weighted by atomic mass is 10.1. The number of nitrogens with zero attached hydrogens (tertiary/aromatic N) is 2. The van der Waals surface area contributed by atoms with Crippen LogP contribution in [0.15, 0.2) is 53.3 Å². The van der Waals surface area contributed by atoms with Gasteiger partial charge in [0.05, 0.1) is 23.4 Å². The summed E-state index contributed by atoms with van der Waals surface area (Å²) in [6.07, 6.45) is -4.52. The van der Waals surface area contributed by atoms with E-state index in [2.05, 4.69) is 10.3 Å². The van der Waals surface area contributed by atoms with Crippen LogP contribution in [0.5, 0.6) is 0 Å². The molecule has 1 N–H and O–H groups in total. The van der Waals surface area contributed by atoms with Crippen molar-refractivity contribution in [3.8, 4) is 5.69 Å². The van der Waals surface area contributed by atoms with Crippen LogP contribution in [0.1, 0.15) is 5.56 Å². The van der Waals surface area contributed by atoms with Crippen molar-refractivity contribution in [2.45, 2.75) is 6.18 Å². The fourth-order valence-corrected chi connectivity index (χ4v) is 2.63. The number of ether oxygens (including phenoxy) is 1. The summed E-state index contributed by atoms with van der Waals surface area (Å²) in [5.74, 6) is 0.225. The van der Waals surface area contributed by atoms with Gasteiger partial charge in [0.2, 0.25) is 0 Å². The average molecular weight is 363 g/mol. The zero-order valence-electron chi connectivity index (χ0n) is 13.9. The molecule has 3 rings (SSSR count).